The van der Waals surface area contributed by atoms with E-state index in [0.29, 0.717) is 0 Å². The van der Waals surface area contributed by atoms with Crippen LogP contribution in [0, 0.1) is 0 Å². The first-order chi connectivity index (χ1) is 15.0. The Labute approximate surface area is 189 Å². The molecule has 0 aliphatic rings. The maximum atomic E-state index is 5.87. The summed E-state index contributed by atoms with van der Waals surface area (Å²) >= 11 is 0. The van der Waals surface area contributed by atoms with Crippen molar-refractivity contribution in [2.75, 3.05) is 34.3 Å². The van der Waals surface area contributed by atoms with E-state index in [1.165, 1.54) is 57.1 Å². The Bertz CT molecular complexity index is 746. The van der Waals surface area contributed by atoms with Crippen molar-refractivity contribution in [3.63, 3.8) is 0 Å². The van der Waals surface area contributed by atoms with E-state index in [1.807, 2.05) is 36.4 Å². The molecule has 0 spiro atoms. The lowest BCUT2D eigenvalue weighted by atomic mass is 10.1. The highest BCUT2D eigenvalue weighted by Crippen LogP contribution is 2.22. The average molecular weight is 425 g/mol. The Morgan fingerprint density at radius 3 is 1.81 bits per heavy atom. The number of aryl methyl sites for hydroxylation is 1. The van der Waals surface area contributed by atoms with Gasteiger partial charge in [-0.25, -0.2) is 0 Å². The summed E-state index contributed by atoms with van der Waals surface area (Å²) in [6.07, 6.45) is 11.3. The van der Waals surface area contributed by atoms with Gasteiger partial charge in [0.2, 0.25) is 0 Å². The molecule has 0 aliphatic carbocycles. The summed E-state index contributed by atoms with van der Waals surface area (Å²) in [5, 5.41) is 8.68. The lowest BCUT2D eigenvalue weighted by Crippen LogP contribution is -2.35. The minimum Gasteiger partial charge on any atom is -0.494 e. The van der Waals surface area contributed by atoms with Gasteiger partial charge in [0.15, 0.2) is 0 Å². The van der Waals surface area contributed by atoms with Gasteiger partial charge < -0.3 is 9.22 Å². The summed E-state index contributed by atoms with van der Waals surface area (Å²) in [7, 11) is 6.79. The van der Waals surface area contributed by atoms with E-state index in [-0.39, 0.29) is 0 Å². The van der Waals surface area contributed by atoms with Crippen molar-refractivity contribution in [3.05, 3.63) is 54.1 Å². The van der Waals surface area contributed by atoms with Crippen molar-refractivity contribution in [2.45, 2.75) is 64.7 Å². The molecule has 0 aliphatic heterocycles. The van der Waals surface area contributed by atoms with Crippen LogP contribution in [0.3, 0.4) is 0 Å². The largest absolute Gasteiger partial charge is 0.494 e. The molecule has 2 aromatic rings. The molecule has 0 N–H and O–H groups in total. The lowest BCUT2D eigenvalue weighted by Gasteiger charge is -2.23. The second kappa shape index (κ2) is 14.0. The predicted octanol–water partition coefficient (Wildman–Crippen LogP) is 7.87. The van der Waals surface area contributed by atoms with Gasteiger partial charge in [-0.2, -0.15) is 10.2 Å². The molecule has 0 saturated carbocycles. The van der Waals surface area contributed by atoms with Crippen molar-refractivity contribution in [1.82, 2.24) is 0 Å². The molecular weight excluding hydrogens is 382 g/mol. The molecule has 2 aromatic carbocycles. The molecule has 0 unspecified atom stereocenters. The summed E-state index contributed by atoms with van der Waals surface area (Å²) in [4.78, 5) is 0. The van der Waals surface area contributed by atoms with E-state index < -0.39 is 0 Å². The Kier molecular flexibility index (Phi) is 11.3. The average Bonchev–Trinajstić information content (AvgIpc) is 2.76. The number of unbranched alkanes of at least 4 members (excludes halogenated alkanes) is 6. The number of quaternary nitrogens is 1. The standard InChI is InChI=1S/C27H42N3O/c1-5-6-13-24-14-16-25(17-15-24)28-29-26-18-20-27(21-19-26)31-23-12-10-8-7-9-11-22-30(2,3)4/h14-21H,5-13,22-23H2,1-4H3/q+1. The van der Waals surface area contributed by atoms with Gasteiger partial charge in [0.25, 0.3) is 0 Å². The first-order valence-electron chi connectivity index (χ1n) is 12.0. The monoisotopic (exact) mass is 424 g/mol. The number of azo groups is 1. The summed E-state index contributed by atoms with van der Waals surface area (Å²) in [6, 6.07) is 16.2. The van der Waals surface area contributed by atoms with Crippen LogP contribution in [0.15, 0.2) is 58.8 Å². The Balaban J connectivity index is 1.60. The van der Waals surface area contributed by atoms with Crippen LogP contribution in [0.25, 0.3) is 0 Å². The molecule has 4 nitrogen and oxygen atoms in total. The van der Waals surface area contributed by atoms with Gasteiger partial charge in [-0.15, -0.1) is 0 Å². The summed E-state index contributed by atoms with van der Waals surface area (Å²) in [5.41, 5.74) is 3.09. The molecule has 170 valence electrons. The number of rotatable bonds is 15. The maximum Gasteiger partial charge on any atom is 0.119 e. The molecule has 0 aromatic heterocycles. The Hall–Kier alpha value is -2.20. The molecule has 0 heterocycles. The number of hydrogen-bond donors (Lipinski definition) is 0. The molecule has 0 bridgehead atoms. The fraction of sp³-hybridized carbons (Fsp3) is 0.556. The zero-order valence-corrected chi connectivity index (χ0v) is 20.1. The third kappa shape index (κ3) is 11.7. The van der Waals surface area contributed by atoms with E-state index in [9.17, 15) is 0 Å². The molecular formula is C27H42N3O+. The zero-order chi connectivity index (χ0) is 22.4. The van der Waals surface area contributed by atoms with Crippen LogP contribution >= 0.6 is 0 Å². The fourth-order valence-electron chi connectivity index (χ4n) is 3.42. The van der Waals surface area contributed by atoms with Crippen molar-refractivity contribution in [2.24, 2.45) is 10.2 Å². The number of nitrogens with zero attached hydrogens (tertiary/aromatic N) is 3. The molecule has 2 rings (SSSR count). The van der Waals surface area contributed by atoms with Crippen LogP contribution in [0.4, 0.5) is 11.4 Å². The summed E-state index contributed by atoms with van der Waals surface area (Å²) < 4.78 is 6.94. The van der Waals surface area contributed by atoms with E-state index >= 15 is 0 Å². The highest BCUT2D eigenvalue weighted by molar-refractivity contribution is 5.43. The molecule has 31 heavy (non-hydrogen) atoms. The lowest BCUT2D eigenvalue weighted by molar-refractivity contribution is -0.870. The predicted molar refractivity (Wildman–Crippen MR) is 132 cm³/mol. The third-order valence-corrected chi connectivity index (χ3v) is 5.37. The maximum absolute atomic E-state index is 5.87. The Morgan fingerprint density at radius 2 is 1.23 bits per heavy atom. The van der Waals surface area contributed by atoms with Crippen LogP contribution in [0.2, 0.25) is 0 Å². The van der Waals surface area contributed by atoms with E-state index in [1.54, 1.807) is 0 Å². The minimum atomic E-state index is 0.782. The van der Waals surface area contributed by atoms with Crippen LogP contribution in [0.5, 0.6) is 5.75 Å². The smallest absolute Gasteiger partial charge is 0.119 e. The normalized spacial score (nSPS) is 11.9. The second-order valence-electron chi connectivity index (χ2n) is 9.45. The zero-order valence-electron chi connectivity index (χ0n) is 20.1. The summed E-state index contributed by atoms with van der Waals surface area (Å²) in [6.45, 7) is 4.27. The quantitative estimate of drug-likeness (QED) is 0.163. The minimum absolute atomic E-state index is 0.782. The van der Waals surface area contributed by atoms with Gasteiger partial charge in [-0.1, -0.05) is 44.7 Å². The second-order valence-corrected chi connectivity index (χ2v) is 9.45. The summed E-state index contributed by atoms with van der Waals surface area (Å²) in [5.74, 6) is 0.905. The molecule has 4 heteroatoms. The van der Waals surface area contributed by atoms with E-state index in [4.69, 9.17) is 4.74 Å². The van der Waals surface area contributed by atoms with Gasteiger partial charge in [-0.3, -0.25) is 0 Å². The van der Waals surface area contributed by atoms with Crippen LogP contribution < -0.4 is 4.74 Å². The molecule has 0 saturated heterocycles. The Morgan fingerprint density at radius 1 is 0.677 bits per heavy atom. The third-order valence-electron chi connectivity index (χ3n) is 5.37. The van der Waals surface area contributed by atoms with Gasteiger partial charge >= 0.3 is 0 Å². The number of hydrogen-bond acceptors (Lipinski definition) is 3. The highest BCUT2D eigenvalue weighted by Gasteiger charge is 2.05. The van der Waals surface area contributed by atoms with Crippen LogP contribution in [0.1, 0.15) is 63.9 Å². The van der Waals surface area contributed by atoms with Gasteiger partial charge in [-0.05, 0) is 74.1 Å². The van der Waals surface area contributed by atoms with Gasteiger partial charge in [0.1, 0.15) is 5.75 Å². The van der Waals surface area contributed by atoms with E-state index in [0.717, 1.165) is 41.1 Å². The first-order valence-corrected chi connectivity index (χ1v) is 12.0. The number of benzene rings is 2. The van der Waals surface area contributed by atoms with Crippen LogP contribution in [-0.2, 0) is 6.42 Å². The van der Waals surface area contributed by atoms with Gasteiger partial charge in [0, 0.05) is 0 Å². The first kappa shape index (κ1) is 25.1. The molecule has 0 amide bonds. The van der Waals surface area contributed by atoms with Gasteiger partial charge in [0.05, 0.1) is 45.7 Å². The molecule has 0 fully saturated rings. The van der Waals surface area contributed by atoms with Crippen molar-refractivity contribution >= 4 is 11.4 Å². The van der Waals surface area contributed by atoms with Crippen molar-refractivity contribution in [3.8, 4) is 5.75 Å². The van der Waals surface area contributed by atoms with Crippen LogP contribution in [-0.4, -0.2) is 38.8 Å². The fourth-order valence-corrected chi connectivity index (χ4v) is 3.42. The topological polar surface area (TPSA) is 34.0 Å². The number of ether oxygens (including phenoxy) is 1. The molecule has 0 radical (unpaired) electrons. The van der Waals surface area contributed by atoms with Crippen molar-refractivity contribution in [1.29, 1.82) is 0 Å². The highest BCUT2D eigenvalue weighted by atomic mass is 16.5. The molecule has 0 atom stereocenters. The van der Waals surface area contributed by atoms with Crippen molar-refractivity contribution < 1.29 is 9.22 Å². The SMILES string of the molecule is CCCCc1ccc(N=Nc2ccc(OCCCCCCCC[N+](C)(C)C)cc2)cc1. The van der Waals surface area contributed by atoms with E-state index in [2.05, 4.69) is 50.4 Å².